The highest BCUT2D eigenvalue weighted by Gasteiger charge is 2.30. The van der Waals surface area contributed by atoms with Gasteiger partial charge in [-0.15, -0.1) is 0 Å². The second-order valence-electron chi connectivity index (χ2n) is 6.35. The highest BCUT2D eigenvalue weighted by atomic mass is 16.5. The summed E-state index contributed by atoms with van der Waals surface area (Å²) in [6.07, 6.45) is 5.44. The lowest BCUT2D eigenvalue weighted by Gasteiger charge is -2.14. The van der Waals surface area contributed by atoms with Crippen molar-refractivity contribution >= 4 is 11.6 Å². The van der Waals surface area contributed by atoms with Gasteiger partial charge in [-0.05, 0) is 36.1 Å². The van der Waals surface area contributed by atoms with Crippen molar-refractivity contribution in [3.63, 3.8) is 0 Å². The van der Waals surface area contributed by atoms with Gasteiger partial charge < -0.3 is 10.1 Å². The van der Waals surface area contributed by atoms with E-state index in [0.29, 0.717) is 6.42 Å². The topological polar surface area (TPSA) is 38.3 Å². The molecule has 24 heavy (non-hydrogen) atoms. The van der Waals surface area contributed by atoms with Gasteiger partial charge in [0, 0.05) is 5.69 Å². The van der Waals surface area contributed by atoms with Gasteiger partial charge in [0.15, 0.2) is 0 Å². The number of fused-ring (bicyclic) bond motifs is 1. The van der Waals surface area contributed by atoms with E-state index in [4.69, 9.17) is 4.74 Å². The Morgan fingerprint density at radius 2 is 1.79 bits per heavy atom. The molecule has 126 valence electrons. The third-order valence-electron chi connectivity index (χ3n) is 4.56. The van der Waals surface area contributed by atoms with Gasteiger partial charge in [0.1, 0.15) is 5.75 Å². The summed E-state index contributed by atoms with van der Waals surface area (Å²) in [5.74, 6) is 0.853. The van der Waals surface area contributed by atoms with Crippen LogP contribution in [0.2, 0.25) is 0 Å². The van der Waals surface area contributed by atoms with E-state index in [1.165, 1.54) is 19.3 Å². The van der Waals surface area contributed by atoms with Crippen LogP contribution in [0.15, 0.2) is 48.5 Å². The molecular weight excluding hydrogens is 298 g/mol. The van der Waals surface area contributed by atoms with E-state index in [9.17, 15) is 4.79 Å². The number of ether oxygens (including phenoxy) is 1. The number of hydrogen-bond donors (Lipinski definition) is 1. The average molecular weight is 323 g/mol. The van der Waals surface area contributed by atoms with Crippen LogP contribution in [0.4, 0.5) is 5.69 Å². The smallest absolute Gasteiger partial charge is 0.232 e. The molecule has 1 amide bonds. The molecule has 0 fully saturated rings. The van der Waals surface area contributed by atoms with Crippen LogP contribution in [0.1, 0.15) is 49.7 Å². The monoisotopic (exact) mass is 323 g/mol. The molecule has 1 N–H and O–H groups in total. The Hall–Kier alpha value is -2.29. The molecule has 1 atom stereocenters. The number of carbonyl (C=O) groups is 1. The number of amides is 1. The maximum atomic E-state index is 12.3. The first-order valence-electron chi connectivity index (χ1n) is 8.90. The fraction of sp³-hybridized carbons (Fsp3) is 0.381. The number of hydrogen-bond acceptors (Lipinski definition) is 2. The number of para-hydroxylation sites is 2. The Balaban J connectivity index is 1.68. The molecule has 0 unspecified atom stereocenters. The lowest BCUT2D eigenvalue weighted by atomic mass is 9.93. The van der Waals surface area contributed by atoms with E-state index >= 15 is 0 Å². The molecule has 0 saturated carbocycles. The lowest BCUT2D eigenvalue weighted by Crippen LogP contribution is -2.15. The Labute approximate surface area is 144 Å². The Morgan fingerprint density at radius 3 is 2.67 bits per heavy atom. The summed E-state index contributed by atoms with van der Waals surface area (Å²) in [5, 5.41) is 2.97. The summed E-state index contributed by atoms with van der Waals surface area (Å²) in [6, 6.07) is 16.0. The number of unbranched alkanes of at least 4 members (excludes halogenated alkanes) is 3. The summed E-state index contributed by atoms with van der Waals surface area (Å²) in [5.41, 5.74) is 3.12. The second kappa shape index (κ2) is 8.00. The zero-order valence-electron chi connectivity index (χ0n) is 14.3. The molecule has 0 radical (unpaired) electrons. The summed E-state index contributed by atoms with van der Waals surface area (Å²) in [7, 11) is 0. The van der Waals surface area contributed by atoms with Gasteiger partial charge in [-0.25, -0.2) is 0 Å². The normalized spacial score (nSPS) is 15.9. The maximum absolute atomic E-state index is 12.3. The summed E-state index contributed by atoms with van der Waals surface area (Å²) in [4.78, 5) is 12.3. The molecule has 0 bridgehead atoms. The van der Waals surface area contributed by atoms with Crippen molar-refractivity contribution < 1.29 is 9.53 Å². The highest BCUT2D eigenvalue weighted by molar-refractivity contribution is 6.03. The van der Waals surface area contributed by atoms with E-state index in [1.807, 2.05) is 42.5 Å². The van der Waals surface area contributed by atoms with Crippen molar-refractivity contribution in [2.75, 3.05) is 11.9 Å². The minimum atomic E-state index is -0.133. The fourth-order valence-corrected chi connectivity index (χ4v) is 3.22. The van der Waals surface area contributed by atoms with Gasteiger partial charge in [-0.1, -0.05) is 62.6 Å². The van der Waals surface area contributed by atoms with E-state index in [-0.39, 0.29) is 11.8 Å². The van der Waals surface area contributed by atoms with Crippen LogP contribution < -0.4 is 10.1 Å². The predicted molar refractivity (Wildman–Crippen MR) is 97.6 cm³/mol. The minimum Gasteiger partial charge on any atom is -0.493 e. The van der Waals surface area contributed by atoms with Crippen LogP contribution >= 0.6 is 0 Å². The summed E-state index contributed by atoms with van der Waals surface area (Å²) < 4.78 is 5.99. The zero-order valence-corrected chi connectivity index (χ0v) is 14.3. The molecular formula is C21H25NO2. The summed E-state index contributed by atoms with van der Waals surface area (Å²) in [6.45, 7) is 2.95. The van der Waals surface area contributed by atoms with Gasteiger partial charge in [0.2, 0.25) is 5.91 Å². The van der Waals surface area contributed by atoms with Gasteiger partial charge >= 0.3 is 0 Å². The molecule has 3 nitrogen and oxygen atoms in total. The molecule has 0 aromatic heterocycles. The maximum Gasteiger partial charge on any atom is 0.232 e. The van der Waals surface area contributed by atoms with Crippen molar-refractivity contribution in [2.45, 2.75) is 44.9 Å². The molecule has 1 aliphatic rings. The Kier molecular flexibility index (Phi) is 5.52. The molecule has 2 aromatic carbocycles. The van der Waals surface area contributed by atoms with Crippen molar-refractivity contribution in [1.29, 1.82) is 0 Å². The quantitative estimate of drug-likeness (QED) is 0.700. The van der Waals surface area contributed by atoms with Crippen molar-refractivity contribution in [3.8, 4) is 5.75 Å². The minimum absolute atomic E-state index is 0.0777. The molecule has 0 spiro atoms. The third kappa shape index (κ3) is 3.78. The second-order valence-corrected chi connectivity index (χ2v) is 6.35. The van der Waals surface area contributed by atoms with Crippen LogP contribution in [0.3, 0.4) is 0 Å². The van der Waals surface area contributed by atoms with Gasteiger partial charge in [-0.3, -0.25) is 4.79 Å². The van der Waals surface area contributed by atoms with E-state index in [2.05, 4.69) is 18.3 Å². The van der Waals surface area contributed by atoms with Crippen LogP contribution in [0.5, 0.6) is 5.75 Å². The molecule has 3 rings (SSSR count). The van der Waals surface area contributed by atoms with Crippen LogP contribution in [0, 0.1) is 0 Å². The van der Waals surface area contributed by atoms with Gasteiger partial charge in [-0.2, -0.15) is 0 Å². The largest absolute Gasteiger partial charge is 0.493 e. The first-order valence-corrected chi connectivity index (χ1v) is 8.90. The zero-order chi connectivity index (χ0) is 16.8. The van der Waals surface area contributed by atoms with E-state index in [0.717, 1.165) is 35.6 Å². The first kappa shape index (κ1) is 16.6. The molecule has 1 heterocycles. The highest BCUT2D eigenvalue weighted by Crippen LogP contribution is 2.36. The van der Waals surface area contributed by atoms with Crippen molar-refractivity contribution in [3.05, 3.63) is 59.7 Å². The SMILES string of the molecule is CCCCCCOc1ccccc1C[C@@H]1C(=O)Nc2ccccc21. The lowest BCUT2D eigenvalue weighted by molar-refractivity contribution is -0.117. The standard InChI is InChI=1S/C21H25NO2/c1-2-3-4-9-14-24-20-13-8-5-10-16(20)15-18-17-11-6-7-12-19(17)22-21(18)23/h5-8,10-13,18H,2-4,9,14-15H2,1H3,(H,22,23)/t18-/m0/s1. The molecule has 3 heteroatoms. The van der Waals surface area contributed by atoms with E-state index in [1.54, 1.807) is 0 Å². The van der Waals surface area contributed by atoms with Crippen LogP contribution in [-0.2, 0) is 11.2 Å². The molecule has 0 aliphatic carbocycles. The van der Waals surface area contributed by atoms with E-state index < -0.39 is 0 Å². The number of anilines is 1. The number of nitrogens with one attached hydrogen (secondary N) is 1. The molecule has 0 saturated heterocycles. The van der Waals surface area contributed by atoms with Crippen LogP contribution in [0.25, 0.3) is 0 Å². The number of carbonyl (C=O) groups excluding carboxylic acids is 1. The van der Waals surface area contributed by atoms with Gasteiger partial charge in [0.05, 0.1) is 12.5 Å². The van der Waals surface area contributed by atoms with Crippen molar-refractivity contribution in [1.82, 2.24) is 0 Å². The van der Waals surface area contributed by atoms with Gasteiger partial charge in [0.25, 0.3) is 0 Å². The third-order valence-corrected chi connectivity index (χ3v) is 4.56. The first-order chi connectivity index (χ1) is 11.8. The Morgan fingerprint density at radius 1 is 1.00 bits per heavy atom. The fourth-order valence-electron chi connectivity index (χ4n) is 3.22. The predicted octanol–water partition coefficient (Wildman–Crippen LogP) is 4.92. The molecule has 1 aliphatic heterocycles. The number of rotatable bonds is 8. The van der Waals surface area contributed by atoms with Crippen molar-refractivity contribution in [2.24, 2.45) is 0 Å². The average Bonchev–Trinajstić information content (AvgIpc) is 2.92. The number of benzene rings is 2. The van der Waals surface area contributed by atoms with Crippen LogP contribution in [-0.4, -0.2) is 12.5 Å². The Bertz CT molecular complexity index is 696. The summed E-state index contributed by atoms with van der Waals surface area (Å²) >= 11 is 0. The molecule has 2 aromatic rings.